The fourth-order valence-electron chi connectivity index (χ4n) is 3.00. The van der Waals surface area contributed by atoms with Crippen molar-refractivity contribution in [2.45, 2.75) is 33.5 Å². The molecule has 6 heteroatoms. The predicted molar refractivity (Wildman–Crippen MR) is 126 cm³/mol. The van der Waals surface area contributed by atoms with E-state index in [2.05, 4.69) is 80.6 Å². The summed E-state index contributed by atoms with van der Waals surface area (Å²) >= 11 is 0. The van der Waals surface area contributed by atoms with E-state index in [0.717, 1.165) is 31.4 Å². The normalized spacial score (nSPS) is 11.0. The molecule has 2 aromatic carbocycles. The van der Waals surface area contributed by atoms with E-state index in [-0.39, 0.29) is 24.0 Å². The van der Waals surface area contributed by atoms with Gasteiger partial charge in [0.05, 0.1) is 0 Å². The van der Waals surface area contributed by atoms with Gasteiger partial charge < -0.3 is 15.2 Å². The maximum Gasteiger partial charge on any atom is 0.191 e. The number of nitrogens with zero attached hydrogens (tertiary/aromatic N) is 3. The Balaban J connectivity index is 0.00000280. The average molecular weight is 489 g/mol. The van der Waals surface area contributed by atoms with E-state index in [9.17, 15) is 0 Å². The highest BCUT2D eigenvalue weighted by Crippen LogP contribution is 2.09. The number of halogens is 1. The fourth-order valence-corrected chi connectivity index (χ4v) is 3.00. The topological polar surface area (TPSA) is 54.2 Å². The van der Waals surface area contributed by atoms with Crippen LogP contribution < -0.4 is 10.6 Å². The van der Waals surface area contributed by atoms with Crippen LogP contribution in [0, 0.1) is 13.8 Å². The molecule has 0 radical (unpaired) electrons. The van der Waals surface area contributed by atoms with E-state index in [1.807, 2.05) is 19.3 Å². The molecule has 1 aromatic heterocycles. The average Bonchev–Trinajstić information content (AvgIpc) is 3.08. The van der Waals surface area contributed by atoms with Gasteiger partial charge in [-0.3, -0.25) is 4.99 Å². The van der Waals surface area contributed by atoms with Gasteiger partial charge in [-0.1, -0.05) is 48.5 Å². The molecule has 2 N–H and O–H groups in total. The van der Waals surface area contributed by atoms with Gasteiger partial charge in [0.25, 0.3) is 0 Å². The Morgan fingerprint density at radius 2 is 1.75 bits per heavy atom. The summed E-state index contributed by atoms with van der Waals surface area (Å²) in [7, 11) is 1.80. The molecule has 0 aliphatic carbocycles. The Morgan fingerprint density at radius 3 is 2.46 bits per heavy atom. The lowest BCUT2D eigenvalue weighted by molar-refractivity contribution is 0.757. The summed E-state index contributed by atoms with van der Waals surface area (Å²) < 4.78 is 2.15. The molecule has 1 heterocycles. The van der Waals surface area contributed by atoms with Gasteiger partial charge in [0.1, 0.15) is 5.82 Å². The monoisotopic (exact) mass is 489 g/mol. The minimum absolute atomic E-state index is 0. The second-order valence-corrected chi connectivity index (χ2v) is 6.63. The van der Waals surface area contributed by atoms with E-state index in [4.69, 9.17) is 0 Å². The SMILES string of the molecule is CN=C(NCc1cccc(Cn2ccnc2C)c1)NCc1ccccc1C.I. The van der Waals surface area contributed by atoms with Crippen LogP contribution in [0.1, 0.15) is 28.1 Å². The minimum Gasteiger partial charge on any atom is -0.352 e. The van der Waals surface area contributed by atoms with Gasteiger partial charge in [0.15, 0.2) is 5.96 Å². The molecule has 0 saturated carbocycles. The van der Waals surface area contributed by atoms with Crippen molar-refractivity contribution >= 4 is 29.9 Å². The first-order chi connectivity index (χ1) is 13.2. The highest BCUT2D eigenvalue weighted by atomic mass is 127. The second-order valence-electron chi connectivity index (χ2n) is 6.63. The summed E-state index contributed by atoms with van der Waals surface area (Å²) in [5, 5.41) is 6.77. The van der Waals surface area contributed by atoms with Gasteiger partial charge in [-0.05, 0) is 36.1 Å². The van der Waals surface area contributed by atoms with Crippen molar-refractivity contribution in [2.75, 3.05) is 7.05 Å². The molecule has 3 aromatic rings. The second kappa shape index (κ2) is 10.8. The molecule has 0 unspecified atom stereocenters. The van der Waals surface area contributed by atoms with Crippen molar-refractivity contribution in [1.29, 1.82) is 0 Å². The van der Waals surface area contributed by atoms with Crippen LogP contribution in [-0.2, 0) is 19.6 Å². The number of aromatic nitrogens is 2. The van der Waals surface area contributed by atoms with Crippen LogP contribution in [0.4, 0.5) is 0 Å². The number of guanidine groups is 1. The zero-order valence-corrected chi connectivity index (χ0v) is 19.0. The van der Waals surface area contributed by atoms with Crippen LogP contribution in [-0.4, -0.2) is 22.6 Å². The van der Waals surface area contributed by atoms with E-state index in [1.165, 1.54) is 22.3 Å². The summed E-state index contributed by atoms with van der Waals surface area (Å²) in [6.45, 7) is 6.46. The zero-order valence-electron chi connectivity index (χ0n) is 16.6. The van der Waals surface area contributed by atoms with Gasteiger partial charge in [-0.15, -0.1) is 24.0 Å². The molecular weight excluding hydrogens is 461 g/mol. The van der Waals surface area contributed by atoms with Gasteiger partial charge in [-0.2, -0.15) is 0 Å². The first-order valence-electron chi connectivity index (χ1n) is 9.20. The summed E-state index contributed by atoms with van der Waals surface area (Å²) in [4.78, 5) is 8.61. The minimum atomic E-state index is 0. The summed E-state index contributed by atoms with van der Waals surface area (Å²) in [6, 6.07) is 17.0. The third kappa shape index (κ3) is 6.09. The first-order valence-corrected chi connectivity index (χ1v) is 9.20. The molecule has 0 bridgehead atoms. The molecule has 0 fully saturated rings. The van der Waals surface area contributed by atoms with Crippen LogP contribution in [0.5, 0.6) is 0 Å². The van der Waals surface area contributed by atoms with Crippen molar-refractivity contribution in [3.05, 3.63) is 89.0 Å². The molecule has 0 amide bonds. The van der Waals surface area contributed by atoms with E-state index < -0.39 is 0 Å². The standard InChI is InChI=1S/C22H27N5.HI/c1-17-7-4-5-10-21(17)15-26-22(23-3)25-14-19-8-6-9-20(13-19)16-27-12-11-24-18(27)2;/h4-13H,14-16H2,1-3H3,(H2,23,25,26);1H. The molecule has 0 saturated heterocycles. The largest absolute Gasteiger partial charge is 0.352 e. The zero-order chi connectivity index (χ0) is 19.1. The molecule has 0 spiro atoms. The van der Waals surface area contributed by atoms with Crippen molar-refractivity contribution in [3.8, 4) is 0 Å². The highest BCUT2D eigenvalue weighted by Gasteiger charge is 2.03. The van der Waals surface area contributed by atoms with E-state index in [0.29, 0.717) is 0 Å². The Hall–Kier alpha value is -2.35. The third-order valence-electron chi connectivity index (χ3n) is 4.66. The predicted octanol–water partition coefficient (Wildman–Crippen LogP) is 4.03. The summed E-state index contributed by atoms with van der Waals surface area (Å²) in [5.74, 6) is 1.83. The quantitative estimate of drug-likeness (QED) is 0.313. The Morgan fingerprint density at radius 1 is 1.00 bits per heavy atom. The van der Waals surface area contributed by atoms with Crippen LogP contribution in [0.15, 0.2) is 65.9 Å². The Bertz CT molecular complexity index is 917. The number of rotatable bonds is 6. The van der Waals surface area contributed by atoms with E-state index in [1.54, 1.807) is 7.05 Å². The number of hydrogen-bond donors (Lipinski definition) is 2. The molecule has 0 aliphatic heterocycles. The summed E-state index contributed by atoms with van der Waals surface area (Å²) in [6.07, 6.45) is 3.85. The summed E-state index contributed by atoms with van der Waals surface area (Å²) in [5.41, 5.74) is 5.04. The number of benzene rings is 2. The van der Waals surface area contributed by atoms with Crippen molar-refractivity contribution in [2.24, 2.45) is 4.99 Å². The smallest absolute Gasteiger partial charge is 0.191 e. The number of nitrogens with one attached hydrogen (secondary N) is 2. The molecule has 3 rings (SSSR count). The van der Waals surface area contributed by atoms with Gasteiger partial charge in [-0.25, -0.2) is 4.98 Å². The van der Waals surface area contributed by atoms with Crippen LogP contribution in [0.2, 0.25) is 0 Å². The molecule has 148 valence electrons. The number of aliphatic imine (C=N–C) groups is 1. The van der Waals surface area contributed by atoms with E-state index >= 15 is 0 Å². The van der Waals surface area contributed by atoms with Crippen molar-refractivity contribution in [1.82, 2.24) is 20.2 Å². The number of hydrogen-bond acceptors (Lipinski definition) is 2. The van der Waals surface area contributed by atoms with Gasteiger partial charge in [0.2, 0.25) is 0 Å². The Labute approximate surface area is 184 Å². The van der Waals surface area contributed by atoms with Gasteiger partial charge >= 0.3 is 0 Å². The van der Waals surface area contributed by atoms with Crippen molar-refractivity contribution in [3.63, 3.8) is 0 Å². The lowest BCUT2D eigenvalue weighted by Crippen LogP contribution is -2.36. The number of aryl methyl sites for hydroxylation is 2. The van der Waals surface area contributed by atoms with Crippen LogP contribution in [0.25, 0.3) is 0 Å². The lowest BCUT2D eigenvalue weighted by Gasteiger charge is -2.14. The maximum atomic E-state index is 4.32. The molecule has 5 nitrogen and oxygen atoms in total. The molecule has 0 aliphatic rings. The maximum absolute atomic E-state index is 4.32. The Kier molecular flexibility index (Phi) is 8.50. The fraction of sp³-hybridized carbons (Fsp3) is 0.273. The molecular formula is C22H28IN5. The molecule has 28 heavy (non-hydrogen) atoms. The highest BCUT2D eigenvalue weighted by molar-refractivity contribution is 14.0. The number of imidazole rings is 1. The molecule has 0 atom stereocenters. The van der Waals surface area contributed by atoms with Crippen LogP contribution >= 0.6 is 24.0 Å². The lowest BCUT2D eigenvalue weighted by atomic mass is 10.1. The van der Waals surface area contributed by atoms with Crippen LogP contribution in [0.3, 0.4) is 0 Å². The first kappa shape index (κ1) is 21.9. The van der Waals surface area contributed by atoms with Gasteiger partial charge in [0, 0.05) is 39.1 Å². The third-order valence-corrected chi connectivity index (χ3v) is 4.66. The van der Waals surface area contributed by atoms with Crippen molar-refractivity contribution < 1.29 is 0 Å².